The molecule has 0 fully saturated rings. The molecule has 4 nitrogen and oxygen atoms in total. The van der Waals surface area contributed by atoms with Gasteiger partial charge in [0.25, 0.3) is 0 Å². The number of carbonyl (C=O) groups is 1. The van der Waals surface area contributed by atoms with Crippen LogP contribution in [0.5, 0.6) is 0 Å². The van der Waals surface area contributed by atoms with Crippen LogP contribution < -0.4 is 0 Å². The van der Waals surface area contributed by atoms with Crippen LogP contribution in [0, 0.1) is 11.6 Å². The van der Waals surface area contributed by atoms with E-state index in [1.807, 2.05) is 0 Å². The van der Waals surface area contributed by atoms with Gasteiger partial charge in [0.05, 0.1) is 0 Å². The SMILES string of the molecule is O=C(O)c1nn(-c2ccc(F)cc2F)c2c1CCCC2. The number of rotatable bonds is 2. The van der Waals surface area contributed by atoms with Gasteiger partial charge in [-0.3, -0.25) is 0 Å². The van der Waals surface area contributed by atoms with Crippen LogP contribution in [-0.2, 0) is 12.8 Å². The summed E-state index contributed by atoms with van der Waals surface area (Å²) in [6.45, 7) is 0. The van der Waals surface area contributed by atoms with Crippen molar-refractivity contribution in [3.05, 3.63) is 46.8 Å². The maximum atomic E-state index is 13.9. The van der Waals surface area contributed by atoms with Gasteiger partial charge in [-0.25, -0.2) is 18.3 Å². The normalized spacial score (nSPS) is 14.1. The molecule has 0 spiro atoms. The van der Waals surface area contributed by atoms with Crippen molar-refractivity contribution in [3.63, 3.8) is 0 Å². The molecule has 1 aliphatic carbocycles. The van der Waals surface area contributed by atoms with Crippen LogP contribution in [0.4, 0.5) is 8.78 Å². The minimum absolute atomic E-state index is 0.0385. The number of carboxylic acids is 1. The second-order valence-electron chi connectivity index (χ2n) is 4.79. The number of carboxylic acid groups (broad SMARTS) is 1. The number of nitrogens with zero attached hydrogens (tertiary/aromatic N) is 2. The maximum absolute atomic E-state index is 13.9. The average molecular weight is 278 g/mol. The van der Waals surface area contributed by atoms with Gasteiger partial charge < -0.3 is 5.11 Å². The summed E-state index contributed by atoms with van der Waals surface area (Å²) < 4.78 is 28.1. The Kier molecular flexibility index (Phi) is 3.00. The summed E-state index contributed by atoms with van der Waals surface area (Å²) >= 11 is 0. The number of halogens is 2. The molecule has 1 aromatic heterocycles. The first-order chi connectivity index (χ1) is 9.58. The molecule has 0 bridgehead atoms. The predicted octanol–water partition coefficient (Wildman–Crippen LogP) is 2.73. The van der Waals surface area contributed by atoms with Gasteiger partial charge in [-0.1, -0.05) is 0 Å². The zero-order valence-corrected chi connectivity index (χ0v) is 10.6. The molecule has 1 heterocycles. The number of aromatic nitrogens is 2. The Balaban J connectivity index is 2.21. The Labute approximate surface area is 113 Å². The molecule has 0 unspecified atom stereocenters. The van der Waals surface area contributed by atoms with Crippen molar-refractivity contribution in [2.75, 3.05) is 0 Å². The first-order valence-corrected chi connectivity index (χ1v) is 6.37. The van der Waals surface area contributed by atoms with Crippen molar-refractivity contribution in [3.8, 4) is 5.69 Å². The van der Waals surface area contributed by atoms with Crippen molar-refractivity contribution in [2.45, 2.75) is 25.7 Å². The van der Waals surface area contributed by atoms with Crippen molar-refractivity contribution < 1.29 is 18.7 Å². The largest absolute Gasteiger partial charge is 0.476 e. The Morgan fingerprint density at radius 3 is 2.70 bits per heavy atom. The lowest BCUT2D eigenvalue weighted by Crippen LogP contribution is -2.09. The van der Waals surface area contributed by atoms with Gasteiger partial charge in [0.1, 0.15) is 11.5 Å². The highest BCUT2D eigenvalue weighted by Gasteiger charge is 2.26. The zero-order valence-electron chi connectivity index (χ0n) is 10.6. The highest BCUT2D eigenvalue weighted by Crippen LogP contribution is 2.28. The summed E-state index contributed by atoms with van der Waals surface area (Å²) in [5.41, 5.74) is 1.41. The van der Waals surface area contributed by atoms with Gasteiger partial charge >= 0.3 is 5.97 Å². The number of aromatic carboxylic acids is 1. The third kappa shape index (κ3) is 1.97. The lowest BCUT2D eigenvalue weighted by Gasteiger charge is -2.14. The molecule has 1 aromatic carbocycles. The summed E-state index contributed by atoms with van der Waals surface area (Å²) in [5, 5.41) is 13.2. The fourth-order valence-corrected chi connectivity index (χ4v) is 2.62. The molecule has 2 aromatic rings. The molecule has 0 amide bonds. The van der Waals surface area contributed by atoms with E-state index in [1.165, 1.54) is 10.7 Å². The molecule has 20 heavy (non-hydrogen) atoms. The number of hydrogen-bond donors (Lipinski definition) is 1. The highest BCUT2D eigenvalue weighted by molar-refractivity contribution is 5.87. The lowest BCUT2D eigenvalue weighted by atomic mass is 9.95. The fourth-order valence-electron chi connectivity index (χ4n) is 2.62. The van der Waals surface area contributed by atoms with Crippen LogP contribution in [0.2, 0.25) is 0 Å². The maximum Gasteiger partial charge on any atom is 0.356 e. The van der Waals surface area contributed by atoms with Crippen LogP contribution in [0.15, 0.2) is 18.2 Å². The number of fused-ring (bicyclic) bond motifs is 1. The van der Waals surface area contributed by atoms with Crippen molar-refractivity contribution in [1.82, 2.24) is 9.78 Å². The zero-order chi connectivity index (χ0) is 14.3. The highest BCUT2D eigenvalue weighted by atomic mass is 19.1. The van der Waals surface area contributed by atoms with E-state index < -0.39 is 17.6 Å². The molecule has 0 saturated carbocycles. The molecule has 0 aliphatic heterocycles. The minimum Gasteiger partial charge on any atom is -0.476 e. The molecule has 0 radical (unpaired) electrons. The minimum atomic E-state index is -1.12. The topological polar surface area (TPSA) is 55.1 Å². The molecule has 0 atom stereocenters. The van der Waals surface area contributed by atoms with E-state index in [9.17, 15) is 18.7 Å². The first-order valence-electron chi connectivity index (χ1n) is 6.37. The van der Waals surface area contributed by atoms with Gasteiger partial charge in [0.15, 0.2) is 11.5 Å². The summed E-state index contributed by atoms with van der Waals surface area (Å²) in [5.74, 6) is -2.55. The van der Waals surface area contributed by atoms with E-state index in [4.69, 9.17) is 0 Å². The molecule has 104 valence electrons. The van der Waals surface area contributed by atoms with Gasteiger partial charge in [0.2, 0.25) is 0 Å². The van der Waals surface area contributed by atoms with Gasteiger partial charge in [-0.15, -0.1) is 0 Å². The number of hydrogen-bond acceptors (Lipinski definition) is 2. The molecule has 1 aliphatic rings. The summed E-state index contributed by atoms with van der Waals surface area (Å²) in [6, 6.07) is 3.18. The van der Waals surface area contributed by atoms with E-state index >= 15 is 0 Å². The summed E-state index contributed by atoms with van der Waals surface area (Å²) in [6.07, 6.45) is 3.07. The van der Waals surface area contributed by atoms with E-state index in [1.54, 1.807) is 0 Å². The van der Waals surface area contributed by atoms with Crippen LogP contribution in [0.1, 0.15) is 34.6 Å². The molecule has 0 saturated heterocycles. The lowest BCUT2D eigenvalue weighted by molar-refractivity contribution is 0.0688. The Hall–Kier alpha value is -2.24. The second-order valence-corrected chi connectivity index (χ2v) is 4.79. The molecule has 6 heteroatoms. The number of benzene rings is 1. The smallest absolute Gasteiger partial charge is 0.356 e. The molecular formula is C14H12F2N2O2. The third-order valence-corrected chi connectivity index (χ3v) is 3.52. The Morgan fingerprint density at radius 1 is 1.25 bits per heavy atom. The van der Waals surface area contributed by atoms with Crippen molar-refractivity contribution >= 4 is 5.97 Å². The van der Waals surface area contributed by atoms with Crippen LogP contribution in [-0.4, -0.2) is 20.9 Å². The van der Waals surface area contributed by atoms with Crippen molar-refractivity contribution in [2.24, 2.45) is 0 Å². The fraction of sp³-hybridized carbons (Fsp3) is 0.286. The summed E-state index contributed by atoms with van der Waals surface area (Å²) in [7, 11) is 0. The monoisotopic (exact) mass is 278 g/mol. The van der Waals surface area contributed by atoms with Gasteiger partial charge in [-0.2, -0.15) is 5.10 Å². The quantitative estimate of drug-likeness (QED) is 0.919. The molecule has 3 rings (SSSR count). The molecular weight excluding hydrogens is 266 g/mol. The van der Waals surface area contributed by atoms with Crippen LogP contribution in [0.3, 0.4) is 0 Å². The predicted molar refractivity (Wildman–Crippen MR) is 67.1 cm³/mol. The summed E-state index contributed by atoms with van der Waals surface area (Å²) in [4.78, 5) is 11.2. The van der Waals surface area contributed by atoms with Crippen LogP contribution in [0.25, 0.3) is 5.69 Å². The average Bonchev–Trinajstić information content (AvgIpc) is 2.78. The van der Waals surface area contributed by atoms with Gasteiger partial charge in [-0.05, 0) is 37.8 Å². The first kappa shape index (κ1) is 12.8. The van der Waals surface area contributed by atoms with E-state index in [2.05, 4.69) is 5.10 Å². The van der Waals surface area contributed by atoms with Crippen LogP contribution >= 0.6 is 0 Å². The van der Waals surface area contributed by atoms with Gasteiger partial charge in [0, 0.05) is 17.3 Å². The second kappa shape index (κ2) is 4.70. The third-order valence-electron chi connectivity index (χ3n) is 3.52. The van der Waals surface area contributed by atoms with Crippen molar-refractivity contribution in [1.29, 1.82) is 0 Å². The van der Waals surface area contributed by atoms with E-state index in [-0.39, 0.29) is 11.4 Å². The Bertz CT molecular complexity index is 695. The molecule has 1 N–H and O–H groups in total. The standard InChI is InChI=1S/C14H12F2N2O2/c15-8-5-6-12(10(16)7-8)18-11-4-2-1-3-9(11)13(17-18)14(19)20/h5-7H,1-4H2,(H,19,20). The Morgan fingerprint density at radius 2 is 2.00 bits per heavy atom. The van der Waals surface area contributed by atoms with E-state index in [0.29, 0.717) is 24.1 Å². The van der Waals surface area contributed by atoms with E-state index in [0.717, 1.165) is 25.0 Å².